The number of hydrogen-bond acceptors (Lipinski definition) is 3. The van der Waals surface area contributed by atoms with Gasteiger partial charge in [-0.25, -0.2) is 0 Å². The van der Waals surface area contributed by atoms with Crippen molar-refractivity contribution < 1.29 is 0 Å². The van der Waals surface area contributed by atoms with Crippen LogP contribution < -0.4 is 5.32 Å². The van der Waals surface area contributed by atoms with Crippen molar-refractivity contribution in [1.82, 2.24) is 15.1 Å². The molecule has 0 saturated carbocycles. The van der Waals surface area contributed by atoms with Crippen LogP contribution in [0.2, 0.25) is 0 Å². The first-order valence-electron chi connectivity index (χ1n) is 4.77. The topological polar surface area (TPSA) is 29.9 Å². The Hall–Kier alpha value is -0.480. The standard InChI is InChI=1S/C9H15N3S/c1-2-12-7-8(6-11-12)9-10-4-3-5-13-9/h6-7,9-10H,2-5H2,1H3. The van der Waals surface area contributed by atoms with Gasteiger partial charge in [-0.2, -0.15) is 5.10 Å². The van der Waals surface area contributed by atoms with E-state index in [1.165, 1.54) is 17.7 Å². The number of aromatic nitrogens is 2. The second-order valence-corrected chi connectivity index (χ2v) is 4.40. The molecule has 1 N–H and O–H groups in total. The number of aryl methyl sites for hydroxylation is 1. The van der Waals surface area contributed by atoms with Crippen molar-refractivity contribution in [3.8, 4) is 0 Å². The molecule has 2 heterocycles. The summed E-state index contributed by atoms with van der Waals surface area (Å²) in [6.45, 7) is 4.20. The third kappa shape index (κ3) is 2.06. The van der Waals surface area contributed by atoms with E-state index in [0.29, 0.717) is 5.37 Å². The van der Waals surface area contributed by atoms with Crippen LogP contribution in [0.3, 0.4) is 0 Å². The summed E-state index contributed by atoms with van der Waals surface area (Å²) in [5.41, 5.74) is 1.31. The summed E-state index contributed by atoms with van der Waals surface area (Å²) < 4.78 is 1.98. The predicted octanol–water partition coefficient (Wildman–Crippen LogP) is 1.63. The average Bonchev–Trinajstić information content (AvgIpc) is 2.67. The van der Waals surface area contributed by atoms with Gasteiger partial charge in [0, 0.05) is 18.3 Å². The molecule has 13 heavy (non-hydrogen) atoms. The smallest absolute Gasteiger partial charge is 0.0820 e. The number of hydrogen-bond donors (Lipinski definition) is 1. The Morgan fingerprint density at radius 2 is 2.69 bits per heavy atom. The van der Waals surface area contributed by atoms with Crippen molar-refractivity contribution in [3.05, 3.63) is 18.0 Å². The minimum atomic E-state index is 0.467. The second-order valence-electron chi connectivity index (χ2n) is 3.19. The van der Waals surface area contributed by atoms with Gasteiger partial charge in [-0.1, -0.05) is 0 Å². The van der Waals surface area contributed by atoms with Crippen LogP contribution in [-0.2, 0) is 6.54 Å². The van der Waals surface area contributed by atoms with E-state index >= 15 is 0 Å². The predicted molar refractivity (Wildman–Crippen MR) is 55.7 cm³/mol. The summed E-state index contributed by atoms with van der Waals surface area (Å²) in [6.07, 6.45) is 5.39. The van der Waals surface area contributed by atoms with Crippen LogP contribution in [-0.4, -0.2) is 22.1 Å². The van der Waals surface area contributed by atoms with Gasteiger partial charge in [-0.15, -0.1) is 11.8 Å². The lowest BCUT2D eigenvalue weighted by Crippen LogP contribution is -2.24. The van der Waals surface area contributed by atoms with Crippen LogP contribution in [0.25, 0.3) is 0 Å². The fourth-order valence-electron chi connectivity index (χ4n) is 1.47. The molecule has 4 heteroatoms. The van der Waals surface area contributed by atoms with Crippen LogP contribution >= 0.6 is 11.8 Å². The van der Waals surface area contributed by atoms with E-state index in [1.807, 2.05) is 22.6 Å². The summed E-state index contributed by atoms with van der Waals surface area (Å²) in [7, 11) is 0. The zero-order chi connectivity index (χ0) is 9.10. The number of rotatable bonds is 2. The van der Waals surface area contributed by atoms with Crippen molar-refractivity contribution in [3.63, 3.8) is 0 Å². The molecule has 0 aromatic carbocycles. The van der Waals surface area contributed by atoms with E-state index in [0.717, 1.165) is 13.1 Å². The van der Waals surface area contributed by atoms with Crippen LogP contribution in [0.15, 0.2) is 12.4 Å². The highest BCUT2D eigenvalue weighted by Crippen LogP contribution is 2.28. The molecule has 1 atom stereocenters. The Morgan fingerprint density at radius 3 is 3.31 bits per heavy atom. The lowest BCUT2D eigenvalue weighted by atomic mass is 10.3. The zero-order valence-electron chi connectivity index (χ0n) is 7.86. The number of nitrogens with zero attached hydrogens (tertiary/aromatic N) is 2. The molecule has 1 aliphatic rings. The lowest BCUT2D eigenvalue weighted by Gasteiger charge is -2.21. The summed E-state index contributed by atoms with van der Waals surface area (Å²) >= 11 is 1.98. The van der Waals surface area contributed by atoms with Crippen LogP contribution in [0.4, 0.5) is 0 Å². The first kappa shape index (κ1) is 9.09. The van der Waals surface area contributed by atoms with Gasteiger partial charge in [0.2, 0.25) is 0 Å². The van der Waals surface area contributed by atoms with Crippen molar-refractivity contribution in [1.29, 1.82) is 0 Å². The Morgan fingerprint density at radius 1 is 1.77 bits per heavy atom. The van der Waals surface area contributed by atoms with Crippen LogP contribution in [0.5, 0.6) is 0 Å². The third-order valence-corrected chi connectivity index (χ3v) is 3.51. The number of thioether (sulfide) groups is 1. The fourth-order valence-corrected chi connectivity index (χ4v) is 2.56. The molecule has 0 amide bonds. The van der Waals surface area contributed by atoms with Crippen molar-refractivity contribution >= 4 is 11.8 Å². The molecule has 0 bridgehead atoms. The summed E-state index contributed by atoms with van der Waals surface area (Å²) in [5.74, 6) is 1.26. The van der Waals surface area contributed by atoms with E-state index in [2.05, 4.69) is 23.5 Å². The van der Waals surface area contributed by atoms with Gasteiger partial charge in [-0.3, -0.25) is 4.68 Å². The average molecular weight is 197 g/mol. The van der Waals surface area contributed by atoms with Gasteiger partial charge in [0.05, 0.1) is 11.6 Å². The summed E-state index contributed by atoms with van der Waals surface area (Å²) in [4.78, 5) is 0. The van der Waals surface area contributed by atoms with Gasteiger partial charge in [0.15, 0.2) is 0 Å². The minimum absolute atomic E-state index is 0.467. The molecule has 3 nitrogen and oxygen atoms in total. The monoisotopic (exact) mass is 197 g/mol. The van der Waals surface area contributed by atoms with Crippen molar-refractivity contribution in [2.24, 2.45) is 0 Å². The number of nitrogens with one attached hydrogen (secondary N) is 1. The Bertz CT molecular complexity index is 266. The lowest BCUT2D eigenvalue weighted by molar-refractivity contribution is 0.637. The van der Waals surface area contributed by atoms with Gasteiger partial charge < -0.3 is 5.32 Å². The van der Waals surface area contributed by atoms with Crippen molar-refractivity contribution in [2.75, 3.05) is 12.3 Å². The SMILES string of the molecule is CCn1cc(C2NCCCS2)cn1. The maximum atomic E-state index is 4.27. The zero-order valence-corrected chi connectivity index (χ0v) is 8.68. The largest absolute Gasteiger partial charge is 0.302 e. The molecule has 2 rings (SSSR count). The highest BCUT2D eigenvalue weighted by atomic mass is 32.2. The van der Waals surface area contributed by atoms with Gasteiger partial charge >= 0.3 is 0 Å². The van der Waals surface area contributed by atoms with E-state index in [9.17, 15) is 0 Å². The van der Waals surface area contributed by atoms with Crippen molar-refractivity contribution in [2.45, 2.75) is 25.3 Å². The minimum Gasteiger partial charge on any atom is -0.302 e. The third-order valence-electron chi connectivity index (χ3n) is 2.22. The summed E-state index contributed by atoms with van der Waals surface area (Å²) in [6, 6.07) is 0. The molecule has 1 aromatic heterocycles. The molecule has 1 fully saturated rings. The molecular weight excluding hydrogens is 182 g/mol. The van der Waals surface area contributed by atoms with Crippen LogP contribution in [0.1, 0.15) is 24.3 Å². The van der Waals surface area contributed by atoms with Crippen LogP contribution in [0, 0.1) is 0 Å². The van der Waals surface area contributed by atoms with E-state index < -0.39 is 0 Å². The first-order chi connectivity index (χ1) is 6.40. The molecule has 0 spiro atoms. The Balaban J connectivity index is 2.05. The normalized spacial score (nSPS) is 23.3. The van der Waals surface area contributed by atoms with Gasteiger partial charge in [-0.05, 0) is 25.6 Å². The van der Waals surface area contributed by atoms with E-state index in [-0.39, 0.29) is 0 Å². The molecule has 0 radical (unpaired) electrons. The highest BCUT2D eigenvalue weighted by molar-refractivity contribution is 7.99. The molecule has 1 unspecified atom stereocenters. The van der Waals surface area contributed by atoms with E-state index in [4.69, 9.17) is 0 Å². The maximum Gasteiger partial charge on any atom is 0.0820 e. The molecule has 1 aliphatic heterocycles. The molecular formula is C9H15N3S. The Kier molecular flexibility index (Phi) is 2.90. The second kappa shape index (κ2) is 4.15. The molecule has 1 saturated heterocycles. The van der Waals surface area contributed by atoms with Gasteiger partial charge in [0.25, 0.3) is 0 Å². The van der Waals surface area contributed by atoms with E-state index in [1.54, 1.807) is 0 Å². The first-order valence-corrected chi connectivity index (χ1v) is 5.82. The summed E-state index contributed by atoms with van der Waals surface area (Å²) in [5, 5.41) is 8.22. The molecule has 0 aliphatic carbocycles. The highest BCUT2D eigenvalue weighted by Gasteiger charge is 2.16. The fraction of sp³-hybridized carbons (Fsp3) is 0.667. The molecule has 1 aromatic rings. The Labute approximate surface area is 82.9 Å². The quantitative estimate of drug-likeness (QED) is 0.781. The molecule has 72 valence electrons. The van der Waals surface area contributed by atoms with Gasteiger partial charge in [0.1, 0.15) is 0 Å². The maximum absolute atomic E-state index is 4.27.